The molecule has 2 aromatic rings. The average Bonchev–Trinajstić information content (AvgIpc) is 2.60. The summed E-state index contributed by atoms with van der Waals surface area (Å²) in [5.41, 5.74) is 2.33. The van der Waals surface area contributed by atoms with Crippen LogP contribution in [0.2, 0.25) is 0 Å². The fourth-order valence-corrected chi connectivity index (χ4v) is 2.34. The van der Waals surface area contributed by atoms with Crippen LogP contribution >= 0.6 is 0 Å². The van der Waals surface area contributed by atoms with Gasteiger partial charge in [0.05, 0.1) is 19.7 Å². The molecule has 1 amide bonds. The molecule has 122 valence electrons. The lowest BCUT2D eigenvalue weighted by Gasteiger charge is -2.14. The first kappa shape index (κ1) is 17.0. The molecule has 2 aromatic carbocycles. The lowest BCUT2D eigenvalue weighted by Crippen LogP contribution is -2.36. The molecule has 1 unspecified atom stereocenters. The van der Waals surface area contributed by atoms with E-state index in [4.69, 9.17) is 4.74 Å². The zero-order valence-corrected chi connectivity index (χ0v) is 13.7. The first-order valence-electron chi connectivity index (χ1n) is 7.87. The summed E-state index contributed by atoms with van der Waals surface area (Å²) in [6.45, 7) is 3.08. The van der Waals surface area contributed by atoms with Crippen LogP contribution in [-0.2, 0) is 11.2 Å². The summed E-state index contributed by atoms with van der Waals surface area (Å²) in [6, 6.07) is 18.0. The lowest BCUT2D eigenvalue weighted by molar-refractivity contribution is -0.120. The van der Waals surface area contributed by atoms with Crippen molar-refractivity contribution in [3.63, 3.8) is 0 Å². The van der Waals surface area contributed by atoms with Gasteiger partial charge in [0, 0.05) is 0 Å². The molecule has 1 atom stereocenters. The van der Waals surface area contributed by atoms with Gasteiger partial charge in [0.15, 0.2) is 0 Å². The molecule has 0 spiro atoms. The monoisotopic (exact) mass is 312 g/mol. The molecule has 0 aromatic heterocycles. The summed E-state index contributed by atoms with van der Waals surface area (Å²) in [7, 11) is 1.66. The second-order valence-corrected chi connectivity index (χ2v) is 5.47. The molecular weight excluding hydrogens is 288 g/mol. The van der Waals surface area contributed by atoms with Crippen molar-refractivity contribution < 1.29 is 9.53 Å². The van der Waals surface area contributed by atoms with Crippen molar-refractivity contribution in [3.8, 4) is 5.75 Å². The van der Waals surface area contributed by atoms with Crippen LogP contribution in [0.3, 0.4) is 0 Å². The number of amides is 1. The average molecular weight is 312 g/mol. The summed E-state index contributed by atoms with van der Waals surface area (Å²) in [4.78, 5) is 11.9. The van der Waals surface area contributed by atoms with E-state index in [0.29, 0.717) is 6.54 Å². The van der Waals surface area contributed by atoms with Gasteiger partial charge in [-0.3, -0.25) is 4.79 Å². The largest absolute Gasteiger partial charge is 0.497 e. The predicted molar refractivity (Wildman–Crippen MR) is 92.6 cm³/mol. The van der Waals surface area contributed by atoms with Gasteiger partial charge < -0.3 is 15.4 Å². The third kappa shape index (κ3) is 5.75. The Bertz CT molecular complexity index is 597. The smallest absolute Gasteiger partial charge is 0.234 e. The van der Waals surface area contributed by atoms with Gasteiger partial charge in [-0.15, -0.1) is 0 Å². The molecule has 2 N–H and O–H groups in total. The van der Waals surface area contributed by atoms with Gasteiger partial charge in [0.1, 0.15) is 5.75 Å². The lowest BCUT2D eigenvalue weighted by atomic mass is 10.1. The number of carbonyl (C=O) groups is 1. The van der Waals surface area contributed by atoms with Crippen molar-refractivity contribution in [1.82, 2.24) is 10.6 Å². The Morgan fingerprint density at radius 1 is 1.09 bits per heavy atom. The molecule has 0 saturated carbocycles. The highest BCUT2D eigenvalue weighted by Gasteiger charge is 2.08. The SMILES string of the molecule is COc1ccc(CCNCC(=O)NC(C)c2ccccc2)cc1. The number of nitrogens with one attached hydrogen (secondary N) is 2. The van der Waals surface area contributed by atoms with Crippen molar-refractivity contribution in [3.05, 3.63) is 65.7 Å². The molecule has 0 radical (unpaired) electrons. The number of benzene rings is 2. The number of carbonyl (C=O) groups excluding carboxylic acids is 1. The maximum atomic E-state index is 11.9. The molecule has 0 saturated heterocycles. The minimum atomic E-state index is 0.0103. The second-order valence-electron chi connectivity index (χ2n) is 5.47. The highest BCUT2D eigenvalue weighted by atomic mass is 16.5. The van der Waals surface area contributed by atoms with Crippen molar-refractivity contribution in [2.45, 2.75) is 19.4 Å². The zero-order chi connectivity index (χ0) is 16.5. The van der Waals surface area contributed by atoms with E-state index in [2.05, 4.69) is 10.6 Å². The number of hydrogen-bond donors (Lipinski definition) is 2. The summed E-state index contributed by atoms with van der Waals surface area (Å²) >= 11 is 0. The fraction of sp³-hybridized carbons (Fsp3) is 0.316. The summed E-state index contributed by atoms with van der Waals surface area (Å²) in [5, 5.41) is 6.17. The molecule has 4 nitrogen and oxygen atoms in total. The van der Waals surface area contributed by atoms with Crippen LogP contribution in [0, 0.1) is 0 Å². The summed E-state index contributed by atoms with van der Waals surface area (Å²) in [6.07, 6.45) is 0.880. The van der Waals surface area contributed by atoms with Crippen LogP contribution < -0.4 is 15.4 Å². The van der Waals surface area contributed by atoms with E-state index < -0.39 is 0 Å². The third-order valence-electron chi connectivity index (χ3n) is 3.71. The number of ether oxygens (including phenoxy) is 1. The zero-order valence-electron chi connectivity index (χ0n) is 13.7. The Morgan fingerprint density at radius 2 is 1.78 bits per heavy atom. The highest BCUT2D eigenvalue weighted by molar-refractivity contribution is 5.78. The molecular formula is C19H24N2O2. The van der Waals surface area contributed by atoms with Crippen LogP contribution in [0.5, 0.6) is 5.75 Å². The van der Waals surface area contributed by atoms with Crippen LogP contribution in [0.15, 0.2) is 54.6 Å². The summed E-state index contributed by atoms with van der Waals surface area (Å²) < 4.78 is 5.13. The number of rotatable bonds is 8. The number of methoxy groups -OCH3 is 1. The Morgan fingerprint density at radius 3 is 2.43 bits per heavy atom. The standard InChI is InChI=1S/C19H24N2O2/c1-15(17-6-4-3-5-7-17)21-19(22)14-20-13-12-16-8-10-18(23-2)11-9-16/h3-11,15,20H,12-14H2,1-2H3,(H,21,22). The van der Waals surface area contributed by atoms with Crippen molar-refractivity contribution >= 4 is 5.91 Å². The van der Waals surface area contributed by atoms with Gasteiger partial charge in [0.25, 0.3) is 0 Å². The van der Waals surface area contributed by atoms with E-state index >= 15 is 0 Å². The Labute approximate surface area is 137 Å². The van der Waals surface area contributed by atoms with Gasteiger partial charge in [-0.25, -0.2) is 0 Å². The van der Waals surface area contributed by atoms with Crippen molar-refractivity contribution in [1.29, 1.82) is 0 Å². The van der Waals surface area contributed by atoms with Crippen LogP contribution in [0.25, 0.3) is 0 Å². The maximum absolute atomic E-state index is 11.9. The fourth-order valence-electron chi connectivity index (χ4n) is 2.34. The Kier molecular flexibility index (Phi) is 6.63. The van der Waals surface area contributed by atoms with Gasteiger partial charge >= 0.3 is 0 Å². The molecule has 0 heterocycles. The Hall–Kier alpha value is -2.33. The highest BCUT2D eigenvalue weighted by Crippen LogP contribution is 2.11. The molecule has 2 rings (SSSR count). The quantitative estimate of drug-likeness (QED) is 0.737. The normalized spacial score (nSPS) is 11.7. The molecule has 0 bridgehead atoms. The Balaban J connectivity index is 1.66. The van der Waals surface area contributed by atoms with Crippen LogP contribution in [0.1, 0.15) is 24.1 Å². The van der Waals surface area contributed by atoms with Gasteiger partial charge in [-0.05, 0) is 43.1 Å². The van der Waals surface area contributed by atoms with Crippen LogP contribution in [0.4, 0.5) is 0 Å². The first-order valence-corrected chi connectivity index (χ1v) is 7.87. The first-order chi connectivity index (χ1) is 11.2. The second kappa shape index (κ2) is 8.96. The molecule has 0 fully saturated rings. The van der Waals surface area contributed by atoms with Gasteiger partial charge in [0.2, 0.25) is 5.91 Å². The van der Waals surface area contributed by atoms with E-state index in [0.717, 1.165) is 24.3 Å². The minimum absolute atomic E-state index is 0.0103. The van der Waals surface area contributed by atoms with Gasteiger partial charge in [-0.2, -0.15) is 0 Å². The van der Waals surface area contributed by atoms with E-state index in [1.54, 1.807) is 7.11 Å². The molecule has 0 aliphatic rings. The third-order valence-corrected chi connectivity index (χ3v) is 3.71. The van der Waals surface area contributed by atoms with Crippen molar-refractivity contribution in [2.24, 2.45) is 0 Å². The van der Waals surface area contributed by atoms with E-state index in [1.807, 2.05) is 61.5 Å². The maximum Gasteiger partial charge on any atom is 0.234 e. The number of hydrogen-bond acceptors (Lipinski definition) is 3. The van der Waals surface area contributed by atoms with Crippen LogP contribution in [-0.4, -0.2) is 26.1 Å². The predicted octanol–water partition coefficient (Wildman–Crippen LogP) is 2.70. The van der Waals surface area contributed by atoms with E-state index in [9.17, 15) is 4.79 Å². The van der Waals surface area contributed by atoms with Crippen molar-refractivity contribution in [2.75, 3.05) is 20.2 Å². The molecule has 0 aliphatic carbocycles. The van der Waals surface area contributed by atoms with E-state index in [1.165, 1.54) is 5.56 Å². The van der Waals surface area contributed by atoms with Gasteiger partial charge in [-0.1, -0.05) is 42.5 Å². The molecule has 23 heavy (non-hydrogen) atoms. The molecule has 0 aliphatic heterocycles. The van der Waals surface area contributed by atoms with E-state index in [-0.39, 0.29) is 11.9 Å². The summed E-state index contributed by atoms with van der Waals surface area (Å²) in [5.74, 6) is 0.868. The minimum Gasteiger partial charge on any atom is -0.497 e. The molecule has 4 heteroatoms. The topological polar surface area (TPSA) is 50.4 Å².